The van der Waals surface area contributed by atoms with Crippen molar-refractivity contribution in [1.29, 1.82) is 0 Å². The Morgan fingerprint density at radius 1 is 1.03 bits per heavy atom. The number of nitrogens with zero attached hydrogens (tertiary/aromatic N) is 2. The number of fused-ring (bicyclic) bond motifs is 2. The van der Waals surface area contributed by atoms with Crippen molar-refractivity contribution >= 4 is 29.3 Å². The van der Waals surface area contributed by atoms with Crippen molar-refractivity contribution in [3.8, 4) is 11.5 Å². The van der Waals surface area contributed by atoms with Crippen molar-refractivity contribution in [3.63, 3.8) is 0 Å². The van der Waals surface area contributed by atoms with E-state index in [9.17, 15) is 14.0 Å². The van der Waals surface area contributed by atoms with Gasteiger partial charge in [-0.3, -0.25) is 9.59 Å². The van der Waals surface area contributed by atoms with Gasteiger partial charge in [-0.15, -0.1) is 11.8 Å². The zero-order valence-corrected chi connectivity index (χ0v) is 19.6. The average Bonchev–Trinajstić information content (AvgIpc) is 3.40. The van der Waals surface area contributed by atoms with Crippen LogP contribution in [0.25, 0.3) is 0 Å². The molecule has 1 atom stereocenters. The molecule has 1 saturated heterocycles. The van der Waals surface area contributed by atoms with Crippen molar-refractivity contribution in [2.45, 2.75) is 11.4 Å². The van der Waals surface area contributed by atoms with E-state index in [1.54, 1.807) is 66.5 Å². The van der Waals surface area contributed by atoms with Crippen LogP contribution in [0.1, 0.15) is 21.5 Å². The summed E-state index contributed by atoms with van der Waals surface area (Å²) in [6.45, 7) is 0.607. The van der Waals surface area contributed by atoms with Gasteiger partial charge in [0.15, 0.2) is 4.87 Å². The minimum atomic E-state index is -1.22. The molecule has 0 aromatic heterocycles. The largest absolute Gasteiger partial charge is 0.497 e. The highest BCUT2D eigenvalue weighted by Crippen LogP contribution is 2.55. The number of hydrogen-bond donors (Lipinski definition) is 0. The Hall–Kier alpha value is -3.52. The predicted molar refractivity (Wildman–Crippen MR) is 129 cm³/mol. The molecule has 1 fully saturated rings. The van der Waals surface area contributed by atoms with E-state index in [0.717, 1.165) is 0 Å². The smallest absolute Gasteiger partial charge is 0.268 e. The van der Waals surface area contributed by atoms with Crippen LogP contribution >= 0.6 is 11.8 Å². The molecule has 5 rings (SSSR count). The molecule has 2 aliphatic rings. The Balaban J connectivity index is 1.60. The molecule has 0 unspecified atom stereocenters. The summed E-state index contributed by atoms with van der Waals surface area (Å²) in [7, 11) is 3.11. The Bertz CT molecular complexity index is 1280. The number of anilines is 1. The molecule has 34 heavy (non-hydrogen) atoms. The van der Waals surface area contributed by atoms with Crippen LogP contribution in [0.15, 0.2) is 66.7 Å². The maximum atomic E-state index is 14.1. The zero-order chi connectivity index (χ0) is 23.9. The average molecular weight is 479 g/mol. The number of ether oxygens (including phenoxy) is 2. The van der Waals surface area contributed by atoms with Crippen molar-refractivity contribution in [1.82, 2.24) is 4.90 Å². The topological polar surface area (TPSA) is 59.1 Å². The molecule has 3 aromatic rings. The number of thioether (sulfide) groups is 1. The van der Waals surface area contributed by atoms with E-state index in [4.69, 9.17) is 9.47 Å². The highest BCUT2D eigenvalue weighted by molar-refractivity contribution is 8.01. The van der Waals surface area contributed by atoms with Gasteiger partial charge < -0.3 is 19.3 Å². The third kappa shape index (κ3) is 3.49. The fourth-order valence-corrected chi connectivity index (χ4v) is 6.06. The van der Waals surface area contributed by atoms with Crippen molar-refractivity contribution < 1.29 is 23.5 Å². The fraction of sp³-hybridized carbons (Fsp3) is 0.231. The molecule has 0 saturated carbocycles. The van der Waals surface area contributed by atoms with Crippen LogP contribution in [0.2, 0.25) is 0 Å². The van der Waals surface area contributed by atoms with Crippen LogP contribution in [0, 0.1) is 5.82 Å². The van der Waals surface area contributed by atoms with E-state index in [1.165, 1.54) is 23.9 Å². The summed E-state index contributed by atoms with van der Waals surface area (Å²) in [4.78, 5) is 29.8. The molecule has 0 aliphatic carbocycles. The van der Waals surface area contributed by atoms with Crippen LogP contribution in [-0.4, -0.2) is 43.2 Å². The molecule has 0 bridgehead atoms. The van der Waals surface area contributed by atoms with E-state index in [2.05, 4.69) is 0 Å². The lowest BCUT2D eigenvalue weighted by atomic mass is 10.0. The number of amides is 2. The zero-order valence-electron chi connectivity index (χ0n) is 18.8. The van der Waals surface area contributed by atoms with Gasteiger partial charge in [-0.2, -0.15) is 0 Å². The molecule has 2 amide bonds. The molecular formula is C26H23FN2O4S. The third-order valence-corrected chi connectivity index (χ3v) is 7.61. The molecular weight excluding hydrogens is 455 g/mol. The summed E-state index contributed by atoms with van der Waals surface area (Å²) in [5, 5.41) is 0. The molecule has 3 aromatic carbocycles. The lowest BCUT2D eigenvalue weighted by Gasteiger charge is -2.33. The minimum Gasteiger partial charge on any atom is -0.497 e. The molecule has 174 valence electrons. The first kappa shape index (κ1) is 22.3. The van der Waals surface area contributed by atoms with E-state index in [1.807, 2.05) is 12.1 Å². The van der Waals surface area contributed by atoms with Crippen LogP contribution in [0.4, 0.5) is 10.1 Å². The fourth-order valence-electron chi connectivity index (χ4n) is 4.61. The molecule has 2 aliphatic heterocycles. The molecule has 2 heterocycles. The lowest BCUT2D eigenvalue weighted by Crippen LogP contribution is -2.50. The van der Waals surface area contributed by atoms with E-state index in [0.29, 0.717) is 46.2 Å². The van der Waals surface area contributed by atoms with Gasteiger partial charge in [-0.05, 0) is 54.1 Å². The first-order valence-electron chi connectivity index (χ1n) is 10.8. The lowest BCUT2D eigenvalue weighted by molar-refractivity contribution is -0.123. The number of hydrogen-bond acceptors (Lipinski definition) is 5. The summed E-state index contributed by atoms with van der Waals surface area (Å²) < 4.78 is 24.6. The Morgan fingerprint density at radius 2 is 1.79 bits per heavy atom. The molecule has 1 spiro atoms. The van der Waals surface area contributed by atoms with Crippen molar-refractivity contribution in [2.24, 2.45) is 0 Å². The summed E-state index contributed by atoms with van der Waals surface area (Å²) in [5.41, 5.74) is 2.50. The summed E-state index contributed by atoms with van der Waals surface area (Å²) in [5.74, 6) is 0.932. The number of benzene rings is 3. The molecule has 6 nitrogen and oxygen atoms in total. The van der Waals surface area contributed by atoms with E-state index >= 15 is 0 Å². The van der Waals surface area contributed by atoms with Crippen LogP contribution in [0.5, 0.6) is 11.5 Å². The second-order valence-electron chi connectivity index (χ2n) is 8.09. The highest BCUT2D eigenvalue weighted by Gasteiger charge is 2.59. The second kappa shape index (κ2) is 8.68. The maximum absolute atomic E-state index is 14.1. The SMILES string of the molecule is COc1cccc(C(=O)N2CCS[C@]23C(=O)N(Cc2cccc(F)c2)c2ccc(OC)cc23)c1. The van der Waals surface area contributed by atoms with Crippen LogP contribution < -0.4 is 14.4 Å². The van der Waals surface area contributed by atoms with E-state index < -0.39 is 4.87 Å². The molecule has 0 N–H and O–H groups in total. The van der Waals surface area contributed by atoms with E-state index in [-0.39, 0.29) is 24.2 Å². The third-order valence-electron chi connectivity index (χ3n) is 6.19. The number of carbonyl (C=O) groups is 2. The van der Waals surface area contributed by atoms with Gasteiger partial charge in [0.1, 0.15) is 17.3 Å². The van der Waals surface area contributed by atoms with Gasteiger partial charge >= 0.3 is 0 Å². The summed E-state index contributed by atoms with van der Waals surface area (Å²) in [6, 6.07) is 18.6. The van der Waals surface area contributed by atoms with Crippen molar-refractivity contribution in [2.75, 3.05) is 31.4 Å². The summed E-state index contributed by atoms with van der Waals surface area (Å²) >= 11 is 1.43. The molecule has 8 heteroatoms. The second-order valence-corrected chi connectivity index (χ2v) is 9.37. The quantitative estimate of drug-likeness (QED) is 0.543. The van der Waals surface area contributed by atoms with Gasteiger partial charge in [0.05, 0.1) is 26.5 Å². The van der Waals surface area contributed by atoms with Crippen LogP contribution in [0.3, 0.4) is 0 Å². The number of carbonyl (C=O) groups excluding carboxylic acids is 2. The van der Waals surface area contributed by atoms with Crippen LogP contribution in [-0.2, 0) is 16.2 Å². The Morgan fingerprint density at radius 3 is 2.56 bits per heavy atom. The Labute approximate surface area is 201 Å². The normalized spacial score (nSPS) is 19.0. The Kier molecular flexibility index (Phi) is 5.69. The predicted octanol–water partition coefficient (Wildman–Crippen LogP) is 4.43. The number of methoxy groups -OCH3 is 2. The van der Waals surface area contributed by atoms with Gasteiger partial charge in [0.25, 0.3) is 11.8 Å². The van der Waals surface area contributed by atoms with Gasteiger partial charge in [-0.1, -0.05) is 18.2 Å². The maximum Gasteiger partial charge on any atom is 0.268 e. The highest BCUT2D eigenvalue weighted by atomic mass is 32.2. The first-order chi connectivity index (χ1) is 16.5. The van der Waals surface area contributed by atoms with Gasteiger partial charge in [-0.25, -0.2) is 4.39 Å². The number of rotatable bonds is 5. The van der Waals surface area contributed by atoms with Gasteiger partial charge in [0.2, 0.25) is 0 Å². The van der Waals surface area contributed by atoms with Crippen molar-refractivity contribution in [3.05, 3.63) is 89.2 Å². The van der Waals surface area contributed by atoms with Gasteiger partial charge in [0, 0.05) is 23.4 Å². The standard InChI is InChI=1S/C26H23FN2O4S/c1-32-20-8-4-6-18(14-20)24(30)29-11-12-34-26(29)22-15-21(33-2)9-10-23(22)28(25(26)31)16-17-5-3-7-19(27)13-17/h3-10,13-15H,11-12,16H2,1-2H3/t26-/m1/s1. The minimum absolute atomic E-state index is 0.194. The first-order valence-corrected chi connectivity index (χ1v) is 11.8. The summed E-state index contributed by atoms with van der Waals surface area (Å²) in [6.07, 6.45) is 0. The number of halogens is 1. The monoisotopic (exact) mass is 478 g/mol. The molecule has 0 radical (unpaired) electrons.